The number of nitrogens with zero attached hydrogens (tertiary/aromatic N) is 1. The summed E-state index contributed by atoms with van der Waals surface area (Å²) >= 11 is 0. The van der Waals surface area contributed by atoms with Gasteiger partial charge in [0.15, 0.2) is 0 Å². The van der Waals surface area contributed by atoms with Gasteiger partial charge in [-0.3, -0.25) is 9.59 Å². The van der Waals surface area contributed by atoms with Gasteiger partial charge in [0.25, 0.3) is 0 Å². The molecule has 0 heterocycles. The lowest BCUT2D eigenvalue weighted by atomic mass is 9.96. The lowest BCUT2D eigenvalue weighted by Gasteiger charge is -2.22. The molecule has 5 heteroatoms. The summed E-state index contributed by atoms with van der Waals surface area (Å²) in [5, 5.41) is 11.3. The average Bonchev–Trinajstić information content (AvgIpc) is 2.25. The van der Waals surface area contributed by atoms with Crippen molar-refractivity contribution in [3.05, 3.63) is 0 Å². The van der Waals surface area contributed by atoms with E-state index in [9.17, 15) is 9.59 Å². The number of nitrogens with one attached hydrogen (secondary N) is 1. The largest absolute Gasteiger partial charge is 0.396 e. The van der Waals surface area contributed by atoms with Gasteiger partial charge in [-0.25, -0.2) is 0 Å². The van der Waals surface area contributed by atoms with Crippen LogP contribution >= 0.6 is 0 Å². The molecule has 17 heavy (non-hydrogen) atoms. The zero-order chi connectivity index (χ0) is 13.5. The van der Waals surface area contributed by atoms with Crippen LogP contribution in [0.15, 0.2) is 0 Å². The van der Waals surface area contributed by atoms with Crippen LogP contribution in [0.25, 0.3) is 0 Å². The fourth-order valence-electron chi connectivity index (χ4n) is 1.25. The lowest BCUT2D eigenvalue weighted by molar-refractivity contribution is -0.135. The SMILES string of the molecule is CCN(CCCO)C(=O)CNC(=O)C(C)(C)C. The zero-order valence-corrected chi connectivity index (χ0v) is 11.2. The topological polar surface area (TPSA) is 69.6 Å². The Morgan fingerprint density at radius 2 is 1.88 bits per heavy atom. The van der Waals surface area contributed by atoms with E-state index in [1.54, 1.807) is 25.7 Å². The highest BCUT2D eigenvalue weighted by atomic mass is 16.3. The van der Waals surface area contributed by atoms with E-state index in [2.05, 4.69) is 5.32 Å². The van der Waals surface area contributed by atoms with Gasteiger partial charge in [-0.1, -0.05) is 20.8 Å². The van der Waals surface area contributed by atoms with Crippen LogP contribution in [0.3, 0.4) is 0 Å². The van der Waals surface area contributed by atoms with Crippen LogP contribution in [0.4, 0.5) is 0 Å². The number of rotatable bonds is 6. The van der Waals surface area contributed by atoms with Gasteiger partial charge in [0, 0.05) is 25.1 Å². The molecule has 0 radical (unpaired) electrons. The minimum Gasteiger partial charge on any atom is -0.396 e. The van der Waals surface area contributed by atoms with Gasteiger partial charge in [0.1, 0.15) is 0 Å². The summed E-state index contributed by atoms with van der Waals surface area (Å²) in [6.07, 6.45) is 0.562. The van der Waals surface area contributed by atoms with Crippen molar-refractivity contribution >= 4 is 11.8 Å². The van der Waals surface area contributed by atoms with E-state index >= 15 is 0 Å². The Hall–Kier alpha value is -1.10. The lowest BCUT2D eigenvalue weighted by Crippen LogP contribution is -2.43. The smallest absolute Gasteiger partial charge is 0.241 e. The molecule has 5 nitrogen and oxygen atoms in total. The molecular formula is C12H24N2O3. The summed E-state index contributed by atoms with van der Waals surface area (Å²) in [7, 11) is 0. The monoisotopic (exact) mass is 244 g/mol. The molecule has 0 aromatic carbocycles. The highest BCUT2D eigenvalue weighted by Gasteiger charge is 2.22. The van der Waals surface area contributed by atoms with Crippen molar-refractivity contribution in [3.63, 3.8) is 0 Å². The number of aliphatic hydroxyl groups excluding tert-OH is 1. The van der Waals surface area contributed by atoms with Crippen LogP contribution in [-0.2, 0) is 9.59 Å². The Morgan fingerprint density at radius 3 is 2.29 bits per heavy atom. The van der Waals surface area contributed by atoms with E-state index in [0.29, 0.717) is 19.5 Å². The van der Waals surface area contributed by atoms with Gasteiger partial charge in [-0.2, -0.15) is 0 Å². The summed E-state index contributed by atoms with van der Waals surface area (Å²) in [5.41, 5.74) is -0.484. The number of hydrogen-bond donors (Lipinski definition) is 2. The first kappa shape index (κ1) is 15.9. The molecule has 0 fully saturated rings. The maximum atomic E-state index is 11.7. The van der Waals surface area contributed by atoms with Crippen molar-refractivity contribution in [1.82, 2.24) is 10.2 Å². The van der Waals surface area contributed by atoms with E-state index in [1.165, 1.54) is 0 Å². The summed E-state index contributed by atoms with van der Waals surface area (Å²) in [5.74, 6) is -0.248. The average molecular weight is 244 g/mol. The van der Waals surface area contributed by atoms with Crippen LogP contribution < -0.4 is 5.32 Å². The van der Waals surface area contributed by atoms with Gasteiger partial charge in [-0.15, -0.1) is 0 Å². The molecule has 0 unspecified atom stereocenters. The molecule has 0 aromatic heterocycles. The van der Waals surface area contributed by atoms with Crippen molar-refractivity contribution in [3.8, 4) is 0 Å². The number of carbonyl (C=O) groups is 2. The van der Waals surface area contributed by atoms with E-state index in [-0.39, 0.29) is 25.0 Å². The predicted octanol–water partition coefficient (Wildman–Crippen LogP) is 0.380. The first-order chi connectivity index (χ1) is 7.82. The van der Waals surface area contributed by atoms with E-state index in [4.69, 9.17) is 5.11 Å². The van der Waals surface area contributed by atoms with Crippen molar-refractivity contribution in [2.24, 2.45) is 5.41 Å². The van der Waals surface area contributed by atoms with Gasteiger partial charge in [0.2, 0.25) is 11.8 Å². The molecule has 100 valence electrons. The molecule has 0 saturated carbocycles. The van der Waals surface area contributed by atoms with E-state index in [1.807, 2.05) is 6.92 Å². The number of carbonyl (C=O) groups excluding carboxylic acids is 2. The highest BCUT2D eigenvalue weighted by Crippen LogP contribution is 2.12. The second-order valence-corrected chi connectivity index (χ2v) is 4.98. The minimum absolute atomic E-state index is 0.0232. The van der Waals surface area contributed by atoms with Crippen LogP contribution in [0.2, 0.25) is 0 Å². The van der Waals surface area contributed by atoms with E-state index < -0.39 is 5.41 Å². The first-order valence-electron chi connectivity index (χ1n) is 5.99. The minimum atomic E-state index is -0.484. The Labute approximate surface area is 103 Å². The fourth-order valence-corrected chi connectivity index (χ4v) is 1.25. The molecule has 0 aliphatic carbocycles. The molecule has 2 amide bonds. The Morgan fingerprint density at radius 1 is 1.29 bits per heavy atom. The third-order valence-corrected chi connectivity index (χ3v) is 2.40. The molecule has 0 saturated heterocycles. The number of amides is 2. The van der Waals surface area contributed by atoms with Crippen molar-refractivity contribution in [2.45, 2.75) is 34.1 Å². The quantitative estimate of drug-likeness (QED) is 0.709. The maximum Gasteiger partial charge on any atom is 0.241 e. The van der Waals surface area contributed by atoms with Crippen LogP contribution in [0.5, 0.6) is 0 Å². The standard InChI is InChI=1S/C12H24N2O3/c1-5-14(7-6-8-15)10(16)9-13-11(17)12(2,3)4/h15H,5-9H2,1-4H3,(H,13,17). The summed E-state index contributed by atoms with van der Waals surface area (Å²) in [6, 6.07) is 0. The molecule has 2 N–H and O–H groups in total. The van der Waals surface area contributed by atoms with Crippen molar-refractivity contribution in [1.29, 1.82) is 0 Å². The molecule has 0 rings (SSSR count). The van der Waals surface area contributed by atoms with Crippen LogP contribution in [0.1, 0.15) is 34.1 Å². The van der Waals surface area contributed by atoms with Gasteiger partial charge in [-0.05, 0) is 13.3 Å². The second-order valence-electron chi connectivity index (χ2n) is 4.98. The van der Waals surface area contributed by atoms with Gasteiger partial charge < -0.3 is 15.3 Å². The third-order valence-electron chi connectivity index (χ3n) is 2.40. The van der Waals surface area contributed by atoms with Crippen molar-refractivity contribution in [2.75, 3.05) is 26.2 Å². The molecule has 0 aliphatic rings. The first-order valence-corrected chi connectivity index (χ1v) is 5.99. The number of likely N-dealkylation sites (N-methyl/N-ethyl adjacent to an activating group) is 1. The van der Waals surface area contributed by atoms with E-state index in [0.717, 1.165) is 0 Å². The molecule has 0 atom stereocenters. The number of hydrogen-bond acceptors (Lipinski definition) is 3. The zero-order valence-electron chi connectivity index (χ0n) is 11.2. The normalized spacial score (nSPS) is 11.1. The second kappa shape index (κ2) is 7.27. The van der Waals surface area contributed by atoms with Crippen LogP contribution in [0, 0.1) is 5.41 Å². The van der Waals surface area contributed by atoms with Gasteiger partial charge >= 0.3 is 0 Å². The van der Waals surface area contributed by atoms with Crippen molar-refractivity contribution < 1.29 is 14.7 Å². The highest BCUT2D eigenvalue weighted by molar-refractivity contribution is 5.87. The molecule has 0 aromatic rings. The van der Waals surface area contributed by atoms with Crippen LogP contribution in [-0.4, -0.2) is 48.1 Å². The Kier molecular flexibility index (Phi) is 6.80. The predicted molar refractivity (Wildman–Crippen MR) is 66.4 cm³/mol. The summed E-state index contributed by atoms with van der Waals surface area (Å²) in [4.78, 5) is 24.9. The fraction of sp³-hybridized carbons (Fsp3) is 0.833. The third kappa shape index (κ3) is 6.26. The van der Waals surface area contributed by atoms with Gasteiger partial charge in [0.05, 0.1) is 6.54 Å². The molecule has 0 bridgehead atoms. The maximum absolute atomic E-state index is 11.7. The Balaban J connectivity index is 4.11. The molecular weight excluding hydrogens is 220 g/mol. The Bertz CT molecular complexity index is 259. The molecule has 0 aliphatic heterocycles. The molecule has 0 spiro atoms. The summed E-state index contributed by atoms with van der Waals surface area (Å²) in [6.45, 7) is 8.48. The summed E-state index contributed by atoms with van der Waals surface area (Å²) < 4.78 is 0. The number of aliphatic hydroxyl groups is 1.